The molecule has 0 saturated heterocycles. The molecule has 0 amide bonds. The molecule has 0 aliphatic heterocycles. The molecule has 0 aromatic carbocycles. The highest BCUT2D eigenvalue weighted by Crippen LogP contribution is 2.44. The van der Waals surface area contributed by atoms with Crippen molar-refractivity contribution in [2.45, 2.75) is 116 Å². The molecule has 7 heteroatoms. The molecule has 37 heavy (non-hydrogen) atoms. The minimum atomic E-state index is -1.95. The van der Waals surface area contributed by atoms with Crippen LogP contribution in [0.25, 0.3) is 0 Å². The average Bonchev–Trinajstić information content (AvgIpc) is 3.34. The highest BCUT2D eigenvalue weighted by molar-refractivity contribution is 7.39. The third-order valence-corrected chi connectivity index (χ3v) is 8.19. The van der Waals surface area contributed by atoms with Gasteiger partial charge in [0.1, 0.15) is 19.0 Å². The van der Waals surface area contributed by atoms with Crippen LogP contribution in [0.4, 0.5) is 0 Å². The van der Waals surface area contributed by atoms with Crippen LogP contribution in [0.15, 0.2) is 28.7 Å². The van der Waals surface area contributed by atoms with Crippen molar-refractivity contribution in [3.8, 4) is 0 Å². The van der Waals surface area contributed by atoms with Crippen molar-refractivity contribution in [1.29, 1.82) is 0 Å². The molecule has 1 N–H and O–H groups in total. The van der Waals surface area contributed by atoms with Crippen molar-refractivity contribution in [2.24, 2.45) is 0 Å². The average molecular weight is 540 g/mol. The molecule has 2 unspecified atom stereocenters. The number of allylic oxidation sites excluding steroid dienone is 2. The summed E-state index contributed by atoms with van der Waals surface area (Å²) < 4.78 is 24.6. The zero-order chi connectivity index (χ0) is 27.1. The normalized spacial score (nSPS) is 13.3. The van der Waals surface area contributed by atoms with Crippen LogP contribution in [0.5, 0.6) is 0 Å². The number of hydrogen-bond donors (Lipinski definition) is 1. The van der Waals surface area contributed by atoms with E-state index in [1.165, 1.54) is 77.0 Å². The largest absolute Gasteiger partial charge is 0.535 e. The van der Waals surface area contributed by atoms with Gasteiger partial charge < -0.3 is 14.4 Å². The Labute approximate surface area is 228 Å². The third-order valence-electron chi connectivity index (χ3n) is 6.70. The maximum atomic E-state index is 13.1. The number of hydrogen-bond acceptors (Lipinski definition) is 6. The van der Waals surface area contributed by atoms with Gasteiger partial charge in [-0.25, -0.2) is 0 Å². The lowest BCUT2D eigenvalue weighted by molar-refractivity contribution is 0.212. The van der Waals surface area contributed by atoms with Crippen LogP contribution in [0.2, 0.25) is 0 Å². The molecule has 1 aromatic rings. The highest BCUT2D eigenvalue weighted by atomic mass is 31.1. The van der Waals surface area contributed by atoms with Crippen LogP contribution in [0.3, 0.4) is 0 Å². The molecule has 214 valence electrons. The summed E-state index contributed by atoms with van der Waals surface area (Å²) in [6, 6.07) is 3.55. The van der Waals surface area contributed by atoms with E-state index in [1.807, 2.05) is 11.9 Å². The van der Waals surface area contributed by atoms with E-state index < -0.39 is 13.8 Å². The lowest BCUT2D eigenvalue weighted by Crippen LogP contribution is -2.26. The molecule has 0 saturated carbocycles. The fraction of sp³-hybridized carbons (Fsp3) is 0.800. The van der Waals surface area contributed by atoms with Gasteiger partial charge in [-0.3, -0.25) is 4.90 Å². The highest BCUT2D eigenvalue weighted by Gasteiger charge is 2.40. The van der Waals surface area contributed by atoms with Crippen molar-refractivity contribution < 1.29 is 18.6 Å². The summed E-state index contributed by atoms with van der Waals surface area (Å²) in [5.74, 6) is 0.642. The Kier molecular flexibility index (Phi) is 21.0. The topological polar surface area (TPSA) is 66.2 Å². The van der Waals surface area contributed by atoms with Gasteiger partial charge in [0.05, 0.1) is 0 Å². The van der Waals surface area contributed by atoms with E-state index in [0.717, 1.165) is 32.4 Å². The standard InChI is InChI=1S/C30H56N2O4P/c1-5-6-7-8-9-10-11-12-13-14-15-16-17-18-19-20-26-35-37(34)30(29-23-22-28(27-33)36-29)32(4)25-21-24-31(2)3/h12-13,22-23,30,33H,5-11,14-21,24-27H2,1-4H3/q+1/b13-12-. The summed E-state index contributed by atoms with van der Waals surface area (Å²) >= 11 is 0. The zero-order valence-corrected chi connectivity index (χ0v) is 25.2. The maximum Gasteiger partial charge on any atom is 0.535 e. The number of rotatable bonds is 25. The Hall–Kier alpha value is -1.04. The van der Waals surface area contributed by atoms with Crippen molar-refractivity contribution in [1.82, 2.24) is 9.80 Å². The molecule has 0 aliphatic carbocycles. The number of nitrogens with zero attached hydrogens (tertiary/aromatic N) is 2. The Balaban J connectivity index is 2.18. The molecule has 1 rings (SSSR count). The van der Waals surface area contributed by atoms with Gasteiger partial charge in [0, 0.05) is 6.54 Å². The number of aliphatic hydroxyl groups excluding tert-OH is 1. The van der Waals surface area contributed by atoms with E-state index >= 15 is 0 Å². The lowest BCUT2D eigenvalue weighted by atomic mass is 10.1. The van der Waals surface area contributed by atoms with Gasteiger partial charge in [-0.15, -0.1) is 4.52 Å². The Morgan fingerprint density at radius 1 is 0.865 bits per heavy atom. The van der Waals surface area contributed by atoms with Gasteiger partial charge in [-0.1, -0.05) is 76.9 Å². The molecule has 1 aromatic heterocycles. The molecule has 2 atom stereocenters. The molecule has 6 nitrogen and oxygen atoms in total. The molecular weight excluding hydrogens is 483 g/mol. The summed E-state index contributed by atoms with van der Waals surface area (Å²) in [6.45, 7) is 4.36. The minimum Gasteiger partial charge on any atom is -0.457 e. The van der Waals surface area contributed by atoms with Crippen LogP contribution < -0.4 is 0 Å². The first kappa shape index (κ1) is 34.0. The van der Waals surface area contributed by atoms with Gasteiger partial charge >= 0.3 is 8.03 Å². The van der Waals surface area contributed by atoms with E-state index in [1.54, 1.807) is 12.1 Å². The second-order valence-electron chi connectivity index (χ2n) is 10.5. The van der Waals surface area contributed by atoms with E-state index in [0.29, 0.717) is 18.1 Å². The van der Waals surface area contributed by atoms with Gasteiger partial charge in [0.2, 0.25) is 0 Å². The smallest absolute Gasteiger partial charge is 0.457 e. The summed E-state index contributed by atoms with van der Waals surface area (Å²) in [5, 5.41) is 9.36. The Morgan fingerprint density at radius 2 is 1.46 bits per heavy atom. The Morgan fingerprint density at radius 3 is 2.03 bits per heavy atom. The Bertz CT molecular complexity index is 708. The number of aliphatic hydroxyl groups is 1. The second-order valence-corrected chi connectivity index (χ2v) is 11.8. The van der Waals surface area contributed by atoms with E-state index in [4.69, 9.17) is 8.94 Å². The molecule has 0 aliphatic rings. The lowest BCUT2D eigenvalue weighted by Gasteiger charge is -2.19. The zero-order valence-electron chi connectivity index (χ0n) is 24.3. The number of unbranched alkanes of at least 4 members (excludes halogenated alkanes) is 12. The van der Waals surface area contributed by atoms with E-state index in [9.17, 15) is 9.67 Å². The van der Waals surface area contributed by atoms with E-state index in [-0.39, 0.29) is 6.61 Å². The van der Waals surface area contributed by atoms with Gasteiger partial charge in [0.15, 0.2) is 5.76 Å². The van der Waals surface area contributed by atoms with Crippen molar-refractivity contribution in [3.63, 3.8) is 0 Å². The minimum absolute atomic E-state index is 0.163. The predicted molar refractivity (Wildman–Crippen MR) is 156 cm³/mol. The van der Waals surface area contributed by atoms with Crippen LogP contribution in [-0.2, 0) is 15.7 Å². The van der Waals surface area contributed by atoms with Gasteiger partial charge in [0.25, 0.3) is 5.78 Å². The van der Waals surface area contributed by atoms with Crippen molar-refractivity contribution in [2.75, 3.05) is 40.8 Å². The first-order valence-electron chi connectivity index (χ1n) is 14.8. The third kappa shape index (κ3) is 17.2. The summed E-state index contributed by atoms with van der Waals surface area (Å²) in [6.07, 6.45) is 23.4. The fourth-order valence-corrected chi connectivity index (χ4v) is 5.67. The fourth-order valence-electron chi connectivity index (χ4n) is 4.43. The molecule has 0 spiro atoms. The monoisotopic (exact) mass is 539 g/mol. The van der Waals surface area contributed by atoms with Crippen molar-refractivity contribution in [3.05, 3.63) is 35.8 Å². The summed E-state index contributed by atoms with van der Waals surface area (Å²) in [4.78, 5) is 4.19. The quantitative estimate of drug-likeness (QED) is 0.0764. The predicted octanol–water partition coefficient (Wildman–Crippen LogP) is 8.45. The van der Waals surface area contributed by atoms with Crippen LogP contribution in [0, 0.1) is 0 Å². The molecule has 0 fully saturated rings. The van der Waals surface area contributed by atoms with Crippen molar-refractivity contribution >= 4 is 8.03 Å². The van der Waals surface area contributed by atoms with Crippen LogP contribution in [0.1, 0.15) is 121 Å². The van der Waals surface area contributed by atoms with Gasteiger partial charge in [-0.05, 0) is 82.9 Å². The number of furan rings is 1. The van der Waals surface area contributed by atoms with Crippen LogP contribution in [-0.4, -0.2) is 55.7 Å². The molecule has 1 heterocycles. The second kappa shape index (κ2) is 22.9. The van der Waals surface area contributed by atoms with Gasteiger partial charge in [-0.2, -0.15) is 0 Å². The SMILES string of the molecule is CCCCCCCC/C=C\CCCCCCCCO[P+](=O)C(c1ccc(CO)o1)N(C)CCCN(C)C. The van der Waals surface area contributed by atoms with E-state index in [2.05, 4.69) is 38.1 Å². The first-order chi connectivity index (χ1) is 18.0. The summed E-state index contributed by atoms with van der Waals surface area (Å²) in [7, 11) is 4.12. The van der Waals surface area contributed by atoms with Crippen LogP contribution >= 0.6 is 8.03 Å². The molecule has 0 radical (unpaired) electrons. The first-order valence-corrected chi connectivity index (χ1v) is 16.0. The summed E-state index contributed by atoms with van der Waals surface area (Å²) in [5.41, 5.74) is 0. The maximum absolute atomic E-state index is 13.1. The molecular formula is C30H56N2O4P+. The molecule has 0 bridgehead atoms.